The maximum atomic E-state index is 11.8. The van der Waals surface area contributed by atoms with Gasteiger partial charge in [0.15, 0.2) is 0 Å². The molecule has 1 rings (SSSR count). The lowest BCUT2D eigenvalue weighted by Crippen LogP contribution is -2.40. The van der Waals surface area contributed by atoms with Crippen LogP contribution < -0.4 is 10.6 Å². The number of rotatable bonds is 14. The van der Waals surface area contributed by atoms with E-state index >= 15 is 0 Å². The minimum absolute atomic E-state index is 0.437. The van der Waals surface area contributed by atoms with Crippen LogP contribution >= 0.6 is 11.6 Å². The molecule has 27 heavy (non-hydrogen) atoms. The second-order valence-electron chi connectivity index (χ2n) is 7.07. The predicted octanol–water partition coefficient (Wildman–Crippen LogP) is 5.04. The summed E-state index contributed by atoms with van der Waals surface area (Å²) in [6.07, 6.45) is 13.2. The van der Waals surface area contributed by atoms with Crippen LogP contribution in [0.3, 0.4) is 0 Å². The van der Waals surface area contributed by atoms with Crippen LogP contribution in [0.2, 0.25) is 5.02 Å². The fourth-order valence-electron chi connectivity index (χ4n) is 2.95. The maximum Gasteiger partial charge on any atom is 0.309 e. The monoisotopic (exact) mass is 394 g/mol. The predicted molar refractivity (Wildman–Crippen MR) is 113 cm³/mol. The zero-order valence-corrected chi connectivity index (χ0v) is 17.5. The highest BCUT2D eigenvalue weighted by Gasteiger charge is 2.11. The van der Waals surface area contributed by atoms with E-state index < -0.39 is 11.8 Å². The van der Waals surface area contributed by atoms with Gasteiger partial charge in [0.25, 0.3) is 0 Å². The second kappa shape index (κ2) is 15.5. The topological polar surface area (TPSA) is 58.2 Å². The van der Waals surface area contributed by atoms with Gasteiger partial charge in [0.2, 0.25) is 0 Å². The van der Waals surface area contributed by atoms with Crippen molar-refractivity contribution in [1.82, 2.24) is 10.6 Å². The van der Waals surface area contributed by atoms with Gasteiger partial charge in [-0.05, 0) is 30.5 Å². The Balaban J connectivity index is 1.95. The molecule has 2 N–H and O–H groups in total. The van der Waals surface area contributed by atoms with E-state index in [9.17, 15) is 9.59 Å². The number of benzene rings is 1. The van der Waals surface area contributed by atoms with Crippen molar-refractivity contribution in [2.75, 3.05) is 13.1 Å². The molecule has 1 aromatic carbocycles. The van der Waals surface area contributed by atoms with Gasteiger partial charge in [-0.1, -0.05) is 88.4 Å². The standard InChI is InChI=1S/C22H35ClN2O2/c1-2-3-4-5-6-7-8-9-10-11-17-24-21(26)22(27)25-18-16-19-12-14-20(23)15-13-19/h12-15H,2-11,16-18H2,1H3,(H,24,26)(H,25,27). The van der Waals surface area contributed by atoms with Crippen molar-refractivity contribution in [2.24, 2.45) is 0 Å². The number of unbranched alkanes of at least 4 members (excludes halogenated alkanes) is 9. The van der Waals surface area contributed by atoms with E-state index in [0.717, 1.165) is 18.4 Å². The van der Waals surface area contributed by atoms with Gasteiger partial charge in [-0.2, -0.15) is 0 Å². The molecule has 0 heterocycles. The Kier molecular flexibility index (Phi) is 13.5. The second-order valence-corrected chi connectivity index (χ2v) is 7.51. The molecule has 2 amide bonds. The molecule has 0 atom stereocenters. The van der Waals surface area contributed by atoms with Gasteiger partial charge >= 0.3 is 11.8 Å². The number of carbonyl (C=O) groups excluding carboxylic acids is 2. The van der Waals surface area contributed by atoms with Gasteiger partial charge in [0, 0.05) is 18.1 Å². The molecule has 0 spiro atoms. The Morgan fingerprint density at radius 1 is 0.741 bits per heavy atom. The number of hydrogen-bond donors (Lipinski definition) is 2. The fraction of sp³-hybridized carbons (Fsp3) is 0.636. The van der Waals surface area contributed by atoms with Crippen LogP contribution in [-0.2, 0) is 16.0 Å². The summed E-state index contributed by atoms with van der Waals surface area (Å²) in [7, 11) is 0. The van der Waals surface area contributed by atoms with Gasteiger partial charge in [-0.25, -0.2) is 0 Å². The Morgan fingerprint density at radius 2 is 1.22 bits per heavy atom. The summed E-state index contributed by atoms with van der Waals surface area (Å²) in [5.41, 5.74) is 1.07. The maximum absolute atomic E-state index is 11.8. The van der Waals surface area contributed by atoms with Crippen molar-refractivity contribution in [3.05, 3.63) is 34.9 Å². The molecule has 0 fully saturated rings. The molecule has 0 unspecified atom stereocenters. The van der Waals surface area contributed by atoms with Crippen molar-refractivity contribution in [2.45, 2.75) is 77.6 Å². The quantitative estimate of drug-likeness (QED) is 0.343. The van der Waals surface area contributed by atoms with Gasteiger partial charge in [0.1, 0.15) is 0 Å². The Hall–Kier alpha value is -1.55. The molecule has 0 radical (unpaired) electrons. The lowest BCUT2D eigenvalue weighted by Gasteiger charge is -2.07. The van der Waals surface area contributed by atoms with Crippen LogP contribution in [0.5, 0.6) is 0 Å². The van der Waals surface area contributed by atoms with E-state index in [1.54, 1.807) is 0 Å². The normalized spacial score (nSPS) is 10.6. The first kappa shape index (κ1) is 23.5. The summed E-state index contributed by atoms with van der Waals surface area (Å²) < 4.78 is 0. The van der Waals surface area contributed by atoms with Crippen molar-refractivity contribution in [3.8, 4) is 0 Å². The van der Waals surface area contributed by atoms with E-state index in [0.29, 0.717) is 24.5 Å². The first-order valence-electron chi connectivity index (χ1n) is 10.4. The fourth-order valence-corrected chi connectivity index (χ4v) is 3.07. The average Bonchev–Trinajstić information content (AvgIpc) is 2.67. The number of amides is 2. The lowest BCUT2D eigenvalue weighted by atomic mass is 10.1. The molecule has 0 saturated heterocycles. The third-order valence-corrected chi connectivity index (χ3v) is 4.89. The summed E-state index contributed by atoms with van der Waals surface area (Å²) in [4.78, 5) is 23.5. The number of carbonyl (C=O) groups is 2. The molecule has 1 aromatic rings. The molecule has 0 aliphatic carbocycles. The summed E-state index contributed by atoms with van der Waals surface area (Å²) in [5.74, 6) is -1.10. The number of halogens is 1. The van der Waals surface area contributed by atoms with Crippen LogP contribution in [-0.4, -0.2) is 24.9 Å². The van der Waals surface area contributed by atoms with Crippen molar-refractivity contribution in [3.63, 3.8) is 0 Å². The number of nitrogens with one attached hydrogen (secondary N) is 2. The third-order valence-electron chi connectivity index (χ3n) is 4.63. The van der Waals surface area contributed by atoms with Crippen LogP contribution in [0, 0.1) is 0 Å². The smallest absolute Gasteiger partial charge is 0.309 e. The lowest BCUT2D eigenvalue weighted by molar-refractivity contribution is -0.139. The Bertz CT molecular complexity index is 532. The van der Waals surface area contributed by atoms with Crippen LogP contribution in [0.15, 0.2) is 24.3 Å². The van der Waals surface area contributed by atoms with E-state index in [1.807, 2.05) is 24.3 Å². The minimum atomic E-state index is -0.559. The average molecular weight is 395 g/mol. The number of hydrogen-bond acceptors (Lipinski definition) is 2. The summed E-state index contributed by atoms with van der Waals surface area (Å²) in [6.45, 7) is 3.25. The van der Waals surface area contributed by atoms with E-state index in [1.165, 1.54) is 51.4 Å². The van der Waals surface area contributed by atoms with E-state index in [4.69, 9.17) is 11.6 Å². The summed E-state index contributed by atoms with van der Waals surface area (Å²) in [6, 6.07) is 7.47. The van der Waals surface area contributed by atoms with Gasteiger partial charge in [0.05, 0.1) is 0 Å². The van der Waals surface area contributed by atoms with E-state index in [2.05, 4.69) is 17.6 Å². The largest absolute Gasteiger partial charge is 0.348 e. The van der Waals surface area contributed by atoms with Gasteiger partial charge in [-0.15, -0.1) is 0 Å². The highest BCUT2D eigenvalue weighted by atomic mass is 35.5. The first-order chi connectivity index (χ1) is 13.1. The zero-order chi connectivity index (χ0) is 19.7. The molecule has 152 valence electrons. The zero-order valence-electron chi connectivity index (χ0n) is 16.7. The van der Waals surface area contributed by atoms with Gasteiger partial charge in [-0.3, -0.25) is 9.59 Å². The first-order valence-corrected chi connectivity index (χ1v) is 10.8. The Morgan fingerprint density at radius 3 is 1.78 bits per heavy atom. The summed E-state index contributed by atoms with van der Waals surface area (Å²) in [5, 5.41) is 6.04. The van der Waals surface area contributed by atoms with Gasteiger partial charge < -0.3 is 10.6 Å². The molecule has 0 bridgehead atoms. The highest BCUT2D eigenvalue weighted by Crippen LogP contribution is 2.10. The van der Waals surface area contributed by atoms with Crippen molar-refractivity contribution < 1.29 is 9.59 Å². The molecule has 0 aliphatic rings. The third kappa shape index (κ3) is 12.5. The van der Waals surface area contributed by atoms with Crippen molar-refractivity contribution in [1.29, 1.82) is 0 Å². The van der Waals surface area contributed by atoms with Crippen LogP contribution in [0.25, 0.3) is 0 Å². The highest BCUT2D eigenvalue weighted by molar-refractivity contribution is 6.35. The minimum Gasteiger partial charge on any atom is -0.348 e. The molecule has 0 saturated carbocycles. The SMILES string of the molecule is CCCCCCCCCCCCNC(=O)C(=O)NCCc1ccc(Cl)cc1. The molecular formula is C22H35ClN2O2. The molecule has 5 heteroatoms. The summed E-state index contributed by atoms with van der Waals surface area (Å²) >= 11 is 5.83. The van der Waals surface area contributed by atoms with Crippen LogP contribution in [0.4, 0.5) is 0 Å². The molecule has 4 nitrogen and oxygen atoms in total. The van der Waals surface area contributed by atoms with Crippen LogP contribution in [0.1, 0.15) is 76.7 Å². The van der Waals surface area contributed by atoms with Crippen molar-refractivity contribution >= 4 is 23.4 Å². The Labute approximate surface area is 169 Å². The van der Waals surface area contributed by atoms with E-state index in [-0.39, 0.29) is 0 Å². The molecule has 0 aromatic heterocycles. The molecular weight excluding hydrogens is 360 g/mol. The molecule has 0 aliphatic heterocycles.